The molecule has 5 heteroatoms. The van der Waals surface area contributed by atoms with E-state index in [0.717, 1.165) is 57.7 Å². The largest absolute Gasteiger partial charge is 0.338 e. The van der Waals surface area contributed by atoms with Crippen LogP contribution in [-0.2, 0) is 11.3 Å². The third-order valence-corrected chi connectivity index (χ3v) is 4.64. The number of aryl methyl sites for hydroxylation is 1. The number of rotatable bonds is 3. The average Bonchev–Trinajstić information content (AvgIpc) is 3.09. The van der Waals surface area contributed by atoms with E-state index >= 15 is 0 Å². The molecule has 3 heterocycles. The minimum absolute atomic E-state index is 0.188. The van der Waals surface area contributed by atoms with Gasteiger partial charge in [0.15, 0.2) is 0 Å². The number of likely N-dealkylation sites (tertiary alicyclic amines) is 1. The van der Waals surface area contributed by atoms with Gasteiger partial charge in [-0.2, -0.15) is 0 Å². The summed E-state index contributed by atoms with van der Waals surface area (Å²) in [5.74, 6) is 1.58. The minimum Gasteiger partial charge on any atom is -0.338 e. The van der Waals surface area contributed by atoms with Crippen molar-refractivity contribution >= 4 is 5.91 Å². The lowest BCUT2D eigenvalue weighted by molar-refractivity contribution is -0.137. The highest BCUT2D eigenvalue weighted by Crippen LogP contribution is 2.24. The molecule has 1 amide bonds. The van der Waals surface area contributed by atoms with Gasteiger partial charge in [0, 0.05) is 38.1 Å². The third kappa shape index (κ3) is 2.73. The number of hydrogen-bond acceptors (Lipinski definition) is 3. The molecule has 2 unspecified atom stereocenters. The van der Waals surface area contributed by atoms with E-state index in [4.69, 9.17) is 0 Å². The molecule has 110 valence electrons. The van der Waals surface area contributed by atoms with Crippen LogP contribution in [0, 0.1) is 12.8 Å². The Morgan fingerprint density at radius 2 is 2.35 bits per heavy atom. The average molecular weight is 276 g/mol. The Bertz CT molecular complexity index is 464. The van der Waals surface area contributed by atoms with Gasteiger partial charge < -0.3 is 14.8 Å². The predicted octanol–water partition coefficient (Wildman–Crippen LogP) is 1.18. The van der Waals surface area contributed by atoms with Crippen molar-refractivity contribution in [1.29, 1.82) is 0 Å². The number of imidazole rings is 1. The topological polar surface area (TPSA) is 50.2 Å². The van der Waals surface area contributed by atoms with E-state index in [0.29, 0.717) is 11.9 Å². The fourth-order valence-corrected chi connectivity index (χ4v) is 3.44. The van der Waals surface area contributed by atoms with Crippen molar-refractivity contribution < 1.29 is 4.79 Å². The SMILES string of the molecule is Cc1nccn1CC1CCCN1C(=O)C1CCCNC1. The Morgan fingerprint density at radius 3 is 3.05 bits per heavy atom. The summed E-state index contributed by atoms with van der Waals surface area (Å²) >= 11 is 0. The van der Waals surface area contributed by atoms with Crippen LogP contribution in [0.4, 0.5) is 0 Å². The van der Waals surface area contributed by atoms with E-state index in [1.165, 1.54) is 0 Å². The quantitative estimate of drug-likeness (QED) is 0.902. The Morgan fingerprint density at radius 1 is 1.45 bits per heavy atom. The third-order valence-electron chi connectivity index (χ3n) is 4.64. The number of hydrogen-bond donors (Lipinski definition) is 1. The van der Waals surface area contributed by atoms with Gasteiger partial charge in [0.25, 0.3) is 0 Å². The molecule has 1 N–H and O–H groups in total. The highest BCUT2D eigenvalue weighted by Gasteiger charge is 2.33. The van der Waals surface area contributed by atoms with Gasteiger partial charge in [0.1, 0.15) is 5.82 Å². The first-order chi connectivity index (χ1) is 9.75. The maximum absolute atomic E-state index is 12.7. The molecule has 1 aromatic heterocycles. The van der Waals surface area contributed by atoms with Crippen molar-refractivity contribution in [2.45, 2.75) is 45.2 Å². The molecule has 0 bridgehead atoms. The van der Waals surface area contributed by atoms with E-state index in [1.807, 2.05) is 19.3 Å². The normalized spacial score (nSPS) is 26.9. The summed E-state index contributed by atoms with van der Waals surface area (Å²) in [5.41, 5.74) is 0. The summed E-state index contributed by atoms with van der Waals surface area (Å²) in [6.45, 7) is 5.74. The summed E-state index contributed by atoms with van der Waals surface area (Å²) in [6, 6.07) is 0.345. The Hall–Kier alpha value is -1.36. The standard InChI is InChI=1S/C15H24N4O/c1-12-17-7-9-18(12)11-14-5-3-8-19(14)15(20)13-4-2-6-16-10-13/h7,9,13-14,16H,2-6,8,10-11H2,1H3. The van der Waals surface area contributed by atoms with Crippen molar-refractivity contribution in [1.82, 2.24) is 19.8 Å². The first-order valence-electron chi connectivity index (χ1n) is 7.74. The van der Waals surface area contributed by atoms with Gasteiger partial charge in [-0.25, -0.2) is 4.98 Å². The van der Waals surface area contributed by atoms with Crippen LogP contribution in [0.5, 0.6) is 0 Å². The predicted molar refractivity (Wildman–Crippen MR) is 77.3 cm³/mol. The van der Waals surface area contributed by atoms with Crippen LogP contribution in [0.1, 0.15) is 31.5 Å². The zero-order valence-corrected chi connectivity index (χ0v) is 12.2. The molecule has 2 fully saturated rings. The number of carbonyl (C=O) groups excluding carboxylic acids is 1. The highest BCUT2D eigenvalue weighted by molar-refractivity contribution is 5.79. The lowest BCUT2D eigenvalue weighted by atomic mass is 9.98. The monoisotopic (exact) mass is 276 g/mol. The van der Waals surface area contributed by atoms with E-state index in [-0.39, 0.29) is 5.92 Å². The van der Waals surface area contributed by atoms with Gasteiger partial charge in [-0.3, -0.25) is 4.79 Å². The van der Waals surface area contributed by atoms with Crippen LogP contribution >= 0.6 is 0 Å². The smallest absolute Gasteiger partial charge is 0.227 e. The van der Waals surface area contributed by atoms with E-state index < -0.39 is 0 Å². The molecule has 3 rings (SSSR count). The molecule has 0 aliphatic carbocycles. The van der Waals surface area contributed by atoms with Crippen molar-refractivity contribution in [2.24, 2.45) is 5.92 Å². The lowest BCUT2D eigenvalue weighted by Gasteiger charge is -2.31. The van der Waals surface area contributed by atoms with Crippen LogP contribution in [0.3, 0.4) is 0 Å². The van der Waals surface area contributed by atoms with Crippen molar-refractivity contribution in [3.05, 3.63) is 18.2 Å². The van der Waals surface area contributed by atoms with E-state index in [2.05, 4.69) is 19.8 Å². The zero-order valence-electron chi connectivity index (χ0n) is 12.2. The number of amides is 1. The van der Waals surface area contributed by atoms with Crippen LogP contribution in [0.25, 0.3) is 0 Å². The van der Waals surface area contributed by atoms with Crippen LogP contribution in [-0.4, -0.2) is 46.0 Å². The maximum Gasteiger partial charge on any atom is 0.227 e. The molecule has 5 nitrogen and oxygen atoms in total. The zero-order chi connectivity index (χ0) is 13.9. The number of nitrogens with one attached hydrogen (secondary N) is 1. The van der Waals surface area contributed by atoms with E-state index in [9.17, 15) is 4.79 Å². The summed E-state index contributed by atoms with van der Waals surface area (Å²) in [5, 5.41) is 3.35. The molecule has 2 atom stereocenters. The van der Waals surface area contributed by atoms with Crippen molar-refractivity contribution in [3.63, 3.8) is 0 Å². The number of carbonyl (C=O) groups is 1. The highest BCUT2D eigenvalue weighted by atomic mass is 16.2. The molecule has 2 aliphatic rings. The second kappa shape index (κ2) is 5.95. The van der Waals surface area contributed by atoms with Crippen molar-refractivity contribution in [2.75, 3.05) is 19.6 Å². The summed E-state index contributed by atoms with van der Waals surface area (Å²) < 4.78 is 2.16. The fourth-order valence-electron chi connectivity index (χ4n) is 3.44. The second-order valence-electron chi connectivity index (χ2n) is 6.00. The number of aromatic nitrogens is 2. The molecule has 20 heavy (non-hydrogen) atoms. The van der Waals surface area contributed by atoms with Gasteiger partial charge in [-0.05, 0) is 39.2 Å². The van der Waals surface area contributed by atoms with Crippen LogP contribution in [0.15, 0.2) is 12.4 Å². The molecule has 0 saturated carbocycles. The van der Waals surface area contributed by atoms with Gasteiger partial charge in [0.2, 0.25) is 5.91 Å². The van der Waals surface area contributed by atoms with E-state index in [1.54, 1.807) is 0 Å². The molecule has 2 aliphatic heterocycles. The Kier molecular flexibility index (Phi) is 4.05. The summed E-state index contributed by atoms with van der Waals surface area (Å²) in [4.78, 5) is 19.1. The lowest BCUT2D eigenvalue weighted by Crippen LogP contribution is -2.46. The molecular formula is C15H24N4O. The molecule has 1 aromatic rings. The fraction of sp³-hybridized carbons (Fsp3) is 0.733. The van der Waals surface area contributed by atoms with Gasteiger partial charge in [-0.1, -0.05) is 0 Å². The Balaban J connectivity index is 1.65. The first kappa shape index (κ1) is 13.6. The first-order valence-corrected chi connectivity index (χ1v) is 7.74. The maximum atomic E-state index is 12.7. The van der Waals surface area contributed by atoms with Crippen LogP contribution in [0.2, 0.25) is 0 Å². The minimum atomic E-state index is 0.188. The van der Waals surface area contributed by atoms with Crippen molar-refractivity contribution in [3.8, 4) is 0 Å². The van der Waals surface area contributed by atoms with Crippen LogP contribution < -0.4 is 5.32 Å². The molecule has 0 spiro atoms. The van der Waals surface area contributed by atoms with Gasteiger partial charge in [-0.15, -0.1) is 0 Å². The van der Waals surface area contributed by atoms with Gasteiger partial charge >= 0.3 is 0 Å². The summed E-state index contributed by atoms with van der Waals surface area (Å²) in [7, 11) is 0. The molecule has 0 radical (unpaired) electrons. The number of nitrogens with zero attached hydrogens (tertiary/aromatic N) is 3. The molecule has 2 saturated heterocycles. The summed E-state index contributed by atoms with van der Waals surface area (Å²) in [6.07, 6.45) is 8.25. The number of piperidine rings is 1. The molecular weight excluding hydrogens is 252 g/mol. The van der Waals surface area contributed by atoms with Gasteiger partial charge in [0.05, 0.1) is 5.92 Å². The Labute approximate surface area is 120 Å². The second-order valence-corrected chi connectivity index (χ2v) is 6.00. The molecule has 0 aromatic carbocycles.